The number of nitrogens with one attached hydrogen (secondary N) is 1. The smallest absolute Gasteiger partial charge is 0.159 e. The minimum atomic E-state index is -0.940. The summed E-state index contributed by atoms with van der Waals surface area (Å²) < 4.78 is 11.4. The summed E-state index contributed by atoms with van der Waals surface area (Å²) in [4.78, 5) is 4.37. The van der Waals surface area contributed by atoms with Gasteiger partial charge >= 0.3 is 0 Å². The van der Waals surface area contributed by atoms with Crippen LogP contribution in [-0.4, -0.2) is 64.4 Å². The topological polar surface area (TPSA) is 83.3 Å². The van der Waals surface area contributed by atoms with E-state index in [1.807, 2.05) is 6.92 Å². The number of aliphatic imine (C=N–C) groups is 1. The summed E-state index contributed by atoms with van der Waals surface area (Å²) in [5.41, 5.74) is -0.236. The molecule has 3 aliphatic rings. The average molecular weight is 288 g/mol. The van der Waals surface area contributed by atoms with E-state index in [1.54, 1.807) is 0 Å². The zero-order valence-electron chi connectivity index (χ0n) is 10.9. The molecule has 7 heteroatoms. The second kappa shape index (κ2) is 5.57. The lowest BCUT2D eigenvalue weighted by Gasteiger charge is -2.38. The summed E-state index contributed by atoms with van der Waals surface area (Å²) >= 11 is 1.47. The van der Waals surface area contributed by atoms with E-state index in [2.05, 4.69) is 10.3 Å². The van der Waals surface area contributed by atoms with Gasteiger partial charge in [0.2, 0.25) is 0 Å². The third-order valence-corrected chi connectivity index (χ3v) is 4.61. The normalized spacial score (nSPS) is 41.8. The van der Waals surface area contributed by atoms with Gasteiger partial charge in [-0.25, -0.2) is 0 Å². The number of aliphatic hydroxyl groups excluding tert-OH is 2. The zero-order valence-corrected chi connectivity index (χ0v) is 11.7. The first-order valence-corrected chi connectivity index (χ1v) is 7.68. The van der Waals surface area contributed by atoms with Crippen LogP contribution in [0, 0.1) is 0 Å². The molecule has 0 aromatic heterocycles. The number of aliphatic hydroxyl groups is 2. The van der Waals surface area contributed by atoms with E-state index < -0.39 is 24.4 Å². The quantitative estimate of drug-likeness (QED) is 0.658. The van der Waals surface area contributed by atoms with Gasteiger partial charge in [0.1, 0.15) is 29.8 Å². The van der Waals surface area contributed by atoms with E-state index in [1.165, 1.54) is 11.8 Å². The molecular formula is C12H20N2O4S. The largest absolute Gasteiger partial charge is 0.388 e. The summed E-state index contributed by atoms with van der Waals surface area (Å²) in [6.07, 6.45) is 0.177. The minimum absolute atomic E-state index is 0.236. The molecule has 1 aliphatic carbocycles. The Kier molecular flexibility index (Phi) is 4.00. The fourth-order valence-corrected chi connectivity index (χ4v) is 3.46. The highest BCUT2D eigenvalue weighted by Crippen LogP contribution is 2.36. The molecule has 3 rings (SSSR count). The maximum Gasteiger partial charge on any atom is 0.159 e. The highest BCUT2D eigenvalue weighted by molar-refractivity contribution is 8.14. The molecule has 1 saturated carbocycles. The third kappa shape index (κ3) is 2.90. The first-order chi connectivity index (χ1) is 9.19. The number of thioether (sulfide) groups is 1. The van der Waals surface area contributed by atoms with E-state index in [0.717, 1.165) is 24.6 Å². The molecule has 6 nitrogen and oxygen atoms in total. The molecule has 2 heterocycles. The molecule has 2 aliphatic heterocycles. The molecule has 0 bridgehead atoms. The maximum atomic E-state index is 10.2. The highest BCUT2D eigenvalue weighted by Gasteiger charge is 2.48. The standard InChI is InChI=1S/C12H20N2O4S/c1-2-13-12-14-8-10(16)9(15)7(18-11(8)19-12)5-17-6-3-4-6/h6-11,15-16H,2-5H2,1H3,(H,13,14)/t7-,8-,9-,10-,11-/m1/s1. The van der Waals surface area contributed by atoms with Gasteiger partial charge in [-0.1, -0.05) is 11.8 Å². The molecule has 0 unspecified atom stereocenters. The van der Waals surface area contributed by atoms with E-state index in [9.17, 15) is 10.2 Å². The Morgan fingerprint density at radius 3 is 2.89 bits per heavy atom. The number of fused-ring (bicyclic) bond motifs is 1. The predicted molar refractivity (Wildman–Crippen MR) is 72.1 cm³/mol. The van der Waals surface area contributed by atoms with Crippen LogP contribution in [0.1, 0.15) is 19.8 Å². The molecule has 0 aromatic carbocycles. The fourth-order valence-electron chi connectivity index (χ4n) is 2.27. The van der Waals surface area contributed by atoms with Gasteiger partial charge in [-0.15, -0.1) is 0 Å². The zero-order chi connectivity index (χ0) is 13.4. The molecule has 0 amide bonds. The van der Waals surface area contributed by atoms with Crippen molar-refractivity contribution in [3.63, 3.8) is 0 Å². The first-order valence-electron chi connectivity index (χ1n) is 6.80. The summed E-state index contributed by atoms with van der Waals surface area (Å²) in [5, 5.41) is 24.1. The van der Waals surface area contributed by atoms with Crippen molar-refractivity contribution in [2.24, 2.45) is 4.99 Å². The van der Waals surface area contributed by atoms with Crippen LogP contribution in [-0.2, 0) is 9.47 Å². The lowest BCUT2D eigenvalue weighted by Crippen LogP contribution is -2.56. The van der Waals surface area contributed by atoms with Crippen LogP contribution in [0.4, 0.5) is 0 Å². The van der Waals surface area contributed by atoms with Crippen molar-refractivity contribution in [3.05, 3.63) is 0 Å². The molecule has 0 spiro atoms. The number of hydrogen-bond acceptors (Lipinski definition) is 7. The number of nitrogens with zero attached hydrogens (tertiary/aromatic N) is 1. The SMILES string of the molecule is CCNC1=N[C@@H]2[C@@H](O)[C@H](O)[C@@H](COC3CC3)O[C@@H]2S1. The Bertz CT molecular complexity index is 364. The van der Waals surface area contributed by atoms with Crippen LogP contribution in [0.3, 0.4) is 0 Å². The minimum Gasteiger partial charge on any atom is -0.388 e. The van der Waals surface area contributed by atoms with Gasteiger partial charge in [0.25, 0.3) is 0 Å². The fraction of sp³-hybridized carbons (Fsp3) is 0.917. The molecule has 1 saturated heterocycles. The molecule has 3 N–H and O–H groups in total. The van der Waals surface area contributed by atoms with Crippen molar-refractivity contribution >= 4 is 16.9 Å². The van der Waals surface area contributed by atoms with Gasteiger partial charge in [0, 0.05) is 6.54 Å². The van der Waals surface area contributed by atoms with E-state index in [4.69, 9.17) is 9.47 Å². The van der Waals surface area contributed by atoms with Crippen molar-refractivity contribution < 1.29 is 19.7 Å². The Balaban J connectivity index is 1.60. The van der Waals surface area contributed by atoms with Crippen molar-refractivity contribution in [1.82, 2.24) is 5.32 Å². The van der Waals surface area contributed by atoms with Crippen LogP contribution >= 0.6 is 11.8 Å². The lowest BCUT2D eigenvalue weighted by atomic mass is 9.99. The van der Waals surface area contributed by atoms with Crippen molar-refractivity contribution in [2.45, 2.75) is 55.7 Å². The summed E-state index contributed by atoms with van der Waals surface area (Å²) in [6.45, 7) is 3.10. The predicted octanol–water partition coefficient (Wildman–Crippen LogP) is -0.307. The molecule has 0 aromatic rings. The van der Waals surface area contributed by atoms with Crippen LogP contribution in [0.15, 0.2) is 4.99 Å². The number of rotatable bonds is 4. The molecule has 0 radical (unpaired) electrons. The van der Waals surface area contributed by atoms with Gasteiger partial charge < -0.3 is 25.0 Å². The maximum absolute atomic E-state index is 10.2. The molecule has 19 heavy (non-hydrogen) atoms. The van der Waals surface area contributed by atoms with Gasteiger partial charge in [0.15, 0.2) is 5.17 Å². The van der Waals surface area contributed by atoms with Gasteiger partial charge in [-0.2, -0.15) is 0 Å². The Hall–Kier alpha value is -0.340. The van der Waals surface area contributed by atoms with Crippen LogP contribution in [0.5, 0.6) is 0 Å². The number of ether oxygens (including phenoxy) is 2. The molecular weight excluding hydrogens is 268 g/mol. The van der Waals surface area contributed by atoms with Crippen molar-refractivity contribution in [2.75, 3.05) is 13.2 Å². The Morgan fingerprint density at radius 2 is 2.21 bits per heavy atom. The van der Waals surface area contributed by atoms with Crippen LogP contribution in [0.25, 0.3) is 0 Å². The van der Waals surface area contributed by atoms with Crippen LogP contribution in [0.2, 0.25) is 0 Å². The molecule has 5 atom stereocenters. The average Bonchev–Trinajstić information content (AvgIpc) is 3.13. The van der Waals surface area contributed by atoms with Crippen LogP contribution < -0.4 is 5.32 Å². The van der Waals surface area contributed by atoms with Gasteiger partial charge in [-0.05, 0) is 19.8 Å². The number of hydrogen-bond donors (Lipinski definition) is 3. The summed E-state index contributed by atoms with van der Waals surface area (Å²) in [5.74, 6) is 0. The van der Waals surface area contributed by atoms with Gasteiger partial charge in [0.05, 0.1) is 12.7 Å². The first kappa shape index (κ1) is 13.6. The second-order valence-corrected chi connectivity index (χ2v) is 6.22. The van der Waals surface area contributed by atoms with Gasteiger partial charge in [-0.3, -0.25) is 4.99 Å². The van der Waals surface area contributed by atoms with E-state index in [-0.39, 0.29) is 5.44 Å². The molecule has 108 valence electrons. The Labute approximate surface area is 116 Å². The molecule has 2 fully saturated rings. The Morgan fingerprint density at radius 1 is 1.42 bits per heavy atom. The van der Waals surface area contributed by atoms with E-state index in [0.29, 0.717) is 12.7 Å². The van der Waals surface area contributed by atoms with Crippen molar-refractivity contribution in [3.8, 4) is 0 Å². The monoisotopic (exact) mass is 288 g/mol. The lowest BCUT2D eigenvalue weighted by molar-refractivity contribution is -0.171. The number of amidine groups is 1. The van der Waals surface area contributed by atoms with Crippen molar-refractivity contribution in [1.29, 1.82) is 0 Å². The summed E-state index contributed by atoms with van der Waals surface area (Å²) in [6, 6.07) is -0.397. The summed E-state index contributed by atoms with van der Waals surface area (Å²) in [7, 11) is 0. The third-order valence-electron chi connectivity index (χ3n) is 3.51. The second-order valence-electron chi connectivity index (χ2n) is 5.13. The highest BCUT2D eigenvalue weighted by atomic mass is 32.2. The van der Waals surface area contributed by atoms with E-state index >= 15 is 0 Å².